The normalized spacial score (nSPS) is 10.8. The first-order chi connectivity index (χ1) is 14.2. The predicted molar refractivity (Wildman–Crippen MR) is 105 cm³/mol. The maximum Gasteiger partial charge on any atom is 0.276 e. The third-order valence-corrected chi connectivity index (χ3v) is 4.93. The largest absolute Gasteiger partial charge is 0.355 e. The molecule has 0 radical (unpaired) electrons. The Bertz CT molecular complexity index is 1110. The summed E-state index contributed by atoms with van der Waals surface area (Å²) in [4.78, 5) is 25.0. The highest BCUT2D eigenvalue weighted by molar-refractivity contribution is 7.13. The van der Waals surface area contributed by atoms with E-state index in [1.54, 1.807) is 35.8 Å². The molecule has 146 valence electrons. The number of amides is 1. The number of hydrogen-bond acceptors (Lipinski definition) is 7. The number of carbonyl (C=O) groups is 1. The van der Waals surface area contributed by atoms with Gasteiger partial charge in [0.2, 0.25) is 5.91 Å². The second-order valence-electron chi connectivity index (χ2n) is 6.16. The van der Waals surface area contributed by atoms with Gasteiger partial charge in [-0.25, -0.2) is 9.37 Å². The molecular weight excluding hydrogens is 393 g/mol. The van der Waals surface area contributed by atoms with E-state index in [0.717, 1.165) is 0 Å². The quantitative estimate of drug-likeness (QED) is 0.503. The first kappa shape index (κ1) is 18.9. The van der Waals surface area contributed by atoms with Crippen LogP contribution in [0.3, 0.4) is 0 Å². The van der Waals surface area contributed by atoms with Crippen LogP contribution in [0.15, 0.2) is 58.6 Å². The van der Waals surface area contributed by atoms with Gasteiger partial charge in [-0.15, -0.1) is 11.3 Å². The van der Waals surface area contributed by atoms with Crippen LogP contribution in [-0.2, 0) is 17.6 Å². The number of pyridine rings is 1. The lowest BCUT2D eigenvalue weighted by molar-refractivity contribution is -0.120. The molecule has 0 spiro atoms. The fourth-order valence-corrected chi connectivity index (χ4v) is 3.45. The van der Waals surface area contributed by atoms with Gasteiger partial charge in [0.05, 0.1) is 12.1 Å². The maximum absolute atomic E-state index is 13.3. The number of halogens is 1. The summed E-state index contributed by atoms with van der Waals surface area (Å²) in [7, 11) is 0. The first-order valence-corrected chi connectivity index (χ1v) is 9.76. The molecule has 1 N–H and O–H groups in total. The summed E-state index contributed by atoms with van der Waals surface area (Å²) in [6.45, 7) is 0.376. The van der Waals surface area contributed by atoms with Crippen LogP contribution in [0.2, 0.25) is 0 Å². The summed E-state index contributed by atoms with van der Waals surface area (Å²) in [5, 5.41) is 9.20. The topological polar surface area (TPSA) is 93.8 Å². The zero-order chi connectivity index (χ0) is 20.1. The number of carbonyl (C=O) groups excluding carboxylic acids is 1. The van der Waals surface area contributed by atoms with Gasteiger partial charge in [-0.3, -0.25) is 9.78 Å². The summed E-state index contributed by atoms with van der Waals surface area (Å²) in [6, 6.07) is 11.7. The summed E-state index contributed by atoms with van der Waals surface area (Å²) in [5.41, 5.74) is 1.94. The third kappa shape index (κ3) is 4.88. The van der Waals surface area contributed by atoms with Crippen LogP contribution in [0, 0.1) is 5.82 Å². The van der Waals surface area contributed by atoms with Crippen LogP contribution in [0.4, 0.5) is 4.39 Å². The molecule has 3 aromatic heterocycles. The van der Waals surface area contributed by atoms with Gasteiger partial charge in [0.15, 0.2) is 5.82 Å². The molecular formula is C20H16FN5O2S. The number of thiazole rings is 1. The number of rotatable bonds is 7. The van der Waals surface area contributed by atoms with Crippen LogP contribution in [0.5, 0.6) is 0 Å². The van der Waals surface area contributed by atoms with E-state index in [0.29, 0.717) is 46.6 Å². The van der Waals surface area contributed by atoms with Crippen molar-refractivity contribution in [2.24, 2.45) is 0 Å². The van der Waals surface area contributed by atoms with Crippen molar-refractivity contribution in [3.8, 4) is 22.2 Å². The zero-order valence-corrected chi connectivity index (χ0v) is 16.0. The fraction of sp³-hybridized carbons (Fsp3) is 0.150. The van der Waals surface area contributed by atoms with E-state index in [1.165, 1.54) is 23.5 Å². The molecule has 0 aliphatic carbocycles. The molecule has 0 atom stereocenters. The van der Waals surface area contributed by atoms with Crippen molar-refractivity contribution in [2.75, 3.05) is 6.54 Å². The van der Waals surface area contributed by atoms with E-state index < -0.39 is 0 Å². The van der Waals surface area contributed by atoms with Crippen molar-refractivity contribution in [3.05, 3.63) is 71.4 Å². The van der Waals surface area contributed by atoms with Gasteiger partial charge in [0, 0.05) is 30.1 Å². The van der Waals surface area contributed by atoms with Gasteiger partial charge < -0.3 is 9.84 Å². The molecule has 9 heteroatoms. The fourth-order valence-electron chi connectivity index (χ4n) is 2.63. The molecule has 0 unspecified atom stereocenters. The Kier molecular flexibility index (Phi) is 5.66. The number of nitrogens with one attached hydrogen (secondary N) is 1. The maximum atomic E-state index is 13.3. The molecule has 7 nitrogen and oxygen atoms in total. The Morgan fingerprint density at radius 2 is 2.10 bits per heavy atom. The number of benzene rings is 1. The zero-order valence-electron chi connectivity index (χ0n) is 15.2. The lowest BCUT2D eigenvalue weighted by Crippen LogP contribution is -2.27. The SMILES string of the molecule is O=C(Cc1csc(-c2cccc(F)c2)n1)NCCc1noc(-c2ccccn2)n1. The average molecular weight is 409 g/mol. The van der Waals surface area contributed by atoms with Crippen molar-refractivity contribution in [3.63, 3.8) is 0 Å². The van der Waals surface area contributed by atoms with Crippen molar-refractivity contribution in [1.82, 2.24) is 25.4 Å². The smallest absolute Gasteiger partial charge is 0.276 e. The molecule has 1 aromatic carbocycles. The van der Waals surface area contributed by atoms with E-state index in [4.69, 9.17) is 4.52 Å². The molecule has 0 saturated heterocycles. The second-order valence-corrected chi connectivity index (χ2v) is 7.02. The molecule has 1 amide bonds. The highest BCUT2D eigenvalue weighted by Crippen LogP contribution is 2.24. The minimum Gasteiger partial charge on any atom is -0.355 e. The second kappa shape index (κ2) is 8.70. The van der Waals surface area contributed by atoms with E-state index in [9.17, 15) is 9.18 Å². The summed E-state index contributed by atoms with van der Waals surface area (Å²) in [6.07, 6.45) is 2.24. The van der Waals surface area contributed by atoms with Gasteiger partial charge in [0.25, 0.3) is 5.89 Å². The molecule has 0 aliphatic heterocycles. The average Bonchev–Trinajstić information content (AvgIpc) is 3.39. The van der Waals surface area contributed by atoms with E-state index in [-0.39, 0.29) is 18.1 Å². The van der Waals surface area contributed by atoms with Crippen molar-refractivity contribution >= 4 is 17.2 Å². The molecule has 4 aromatic rings. The summed E-state index contributed by atoms with van der Waals surface area (Å²) in [5.74, 6) is 0.367. The van der Waals surface area contributed by atoms with Crippen molar-refractivity contribution < 1.29 is 13.7 Å². The van der Waals surface area contributed by atoms with Gasteiger partial charge in [-0.05, 0) is 24.3 Å². The summed E-state index contributed by atoms with van der Waals surface area (Å²) >= 11 is 1.38. The van der Waals surface area contributed by atoms with Crippen molar-refractivity contribution in [2.45, 2.75) is 12.8 Å². The van der Waals surface area contributed by atoms with Gasteiger partial charge >= 0.3 is 0 Å². The highest BCUT2D eigenvalue weighted by atomic mass is 32.1. The molecule has 0 bridgehead atoms. The molecule has 0 aliphatic rings. The Hall–Kier alpha value is -3.46. The molecule has 0 saturated carbocycles. The Labute approximate surface area is 169 Å². The number of hydrogen-bond donors (Lipinski definition) is 1. The Morgan fingerprint density at radius 1 is 1.17 bits per heavy atom. The Balaban J connectivity index is 1.27. The standard InChI is InChI=1S/C20H16FN5O2S/c21-14-5-3-4-13(10-14)20-24-15(12-29-20)11-18(27)23-9-7-17-25-19(28-26-17)16-6-1-2-8-22-16/h1-6,8,10,12H,7,9,11H2,(H,23,27). The van der Waals surface area contributed by atoms with Crippen LogP contribution in [0.25, 0.3) is 22.2 Å². The third-order valence-electron chi connectivity index (χ3n) is 3.99. The van der Waals surface area contributed by atoms with Crippen LogP contribution < -0.4 is 5.32 Å². The Morgan fingerprint density at radius 3 is 2.93 bits per heavy atom. The monoisotopic (exact) mass is 409 g/mol. The molecule has 29 heavy (non-hydrogen) atoms. The van der Waals surface area contributed by atoms with Gasteiger partial charge in [0.1, 0.15) is 16.5 Å². The van der Waals surface area contributed by atoms with E-state index in [1.807, 2.05) is 6.07 Å². The molecule has 3 heterocycles. The lowest BCUT2D eigenvalue weighted by atomic mass is 10.2. The molecule has 4 rings (SSSR count). The minimum atomic E-state index is -0.315. The lowest BCUT2D eigenvalue weighted by Gasteiger charge is -2.01. The number of nitrogens with zero attached hydrogens (tertiary/aromatic N) is 4. The predicted octanol–water partition coefficient (Wildman–Crippen LogP) is 3.30. The van der Waals surface area contributed by atoms with E-state index >= 15 is 0 Å². The summed E-state index contributed by atoms with van der Waals surface area (Å²) < 4.78 is 18.5. The van der Waals surface area contributed by atoms with Crippen LogP contribution in [0.1, 0.15) is 11.5 Å². The minimum absolute atomic E-state index is 0.150. The van der Waals surface area contributed by atoms with Gasteiger partial charge in [-0.1, -0.05) is 23.4 Å². The van der Waals surface area contributed by atoms with Gasteiger partial charge in [-0.2, -0.15) is 4.98 Å². The highest BCUT2D eigenvalue weighted by Gasteiger charge is 2.12. The first-order valence-electron chi connectivity index (χ1n) is 8.88. The van der Waals surface area contributed by atoms with Crippen LogP contribution >= 0.6 is 11.3 Å². The number of aromatic nitrogens is 4. The van der Waals surface area contributed by atoms with Crippen molar-refractivity contribution in [1.29, 1.82) is 0 Å². The van der Waals surface area contributed by atoms with E-state index in [2.05, 4.69) is 25.4 Å². The molecule has 0 fully saturated rings. The van der Waals surface area contributed by atoms with Crippen LogP contribution in [-0.4, -0.2) is 32.6 Å².